The van der Waals surface area contributed by atoms with Gasteiger partial charge in [0, 0.05) is 33.3 Å². The van der Waals surface area contributed by atoms with Crippen LogP contribution in [0.3, 0.4) is 0 Å². The third kappa shape index (κ3) is 1.86. The van der Waals surface area contributed by atoms with Crippen LogP contribution in [-0.4, -0.2) is 9.91 Å². The van der Waals surface area contributed by atoms with Gasteiger partial charge in [0.1, 0.15) is 0 Å². The Hall–Kier alpha value is -2.01. The molecule has 0 fully saturated rings. The zero-order chi connectivity index (χ0) is 13.6. The second kappa shape index (κ2) is 4.28. The zero-order valence-electron chi connectivity index (χ0n) is 10.6. The predicted octanol–water partition coefficient (Wildman–Crippen LogP) is 4.23. The van der Waals surface area contributed by atoms with Crippen LogP contribution in [0.1, 0.15) is 18.3 Å². The summed E-state index contributed by atoms with van der Waals surface area (Å²) < 4.78 is 2.21. The molecule has 1 aromatic carbocycles. The van der Waals surface area contributed by atoms with Crippen molar-refractivity contribution in [1.29, 1.82) is 0 Å². The van der Waals surface area contributed by atoms with E-state index in [4.69, 9.17) is 0 Å². The zero-order valence-corrected chi connectivity index (χ0v) is 11.5. The SMILES string of the molecule is CCc1nc(C)cc2c1sc1ccc([N+](=O)[O-])cc12. The molecule has 0 atom stereocenters. The fourth-order valence-corrected chi connectivity index (χ4v) is 3.54. The van der Waals surface area contributed by atoms with Gasteiger partial charge in [-0.15, -0.1) is 11.3 Å². The lowest BCUT2D eigenvalue weighted by atomic mass is 10.1. The van der Waals surface area contributed by atoms with E-state index in [-0.39, 0.29) is 10.6 Å². The summed E-state index contributed by atoms with van der Waals surface area (Å²) in [6, 6.07) is 7.06. The highest BCUT2D eigenvalue weighted by atomic mass is 32.1. The van der Waals surface area contributed by atoms with E-state index in [1.807, 2.05) is 19.1 Å². The first-order valence-corrected chi connectivity index (χ1v) is 6.89. The number of nitrogens with zero attached hydrogens (tertiary/aromatic N) is 2. The number of hydrogen-bond acceptors (Lipinski definition) is 4. The second-order valence-electron chi connectivity index (χ2n) is 4.48. The maximum absolute atomic E-state index is 10.9. The molecule has 0 bridgehead atoms. The number of fused-ring (bicyclic) bond motifs is 3. The van der Waals surface area contributed by atoms with Crippen LogP contribution in [0.2, 0.25) is 0 Å². The molecule has 3 rings (SSSR count). The van der Waals surface area contributed by atoms with Gasteiger partial charge in [-0.3, -0.25) is 15.1 Å². The molecule has 0 amide bonds. The molecule has 4 nitrogen and oxygen atoms in total. The van der Waals surface area contributed by atoms with Crippen molar-refractivity contribution in [2.45, 2.75) is 20.3 Å². The molecule has 96 valence electrons. The monoisotopic (exact) mass is 272 g/mol. The standard InChI is InChI=1S/C14H12N2O2S/c1-3-12-14-11(6-8(2)15-12)10-7-9(16(17)18)4-5-13(10)19-14/h4-7H,3H2,1-2H3. The Bertz CT molecular complexity index is 808. The number of hydrogen-bond donors (Lipinski definition) is 0. The fourth-order valence-electron chi connectivity index (χ4n) is 2.32. The van der Waals surface area contributed by atoms with Gasteiger partial charge in [0.05, 0.1) is 15.3 Å². The molecule has 0 aliphatic heterocycles. The van der Waals surface area contributed by atoms with Crippen LogP contribution in [-0.2, 0) is 6.42 Å². The van der Waals surface area contributed by atoms with Crippen molar-refractivity contribution in [3.05, 3.63) is 45.8 Å². The lowest BCUT2D eigenvalue weighted by Crippen LogP contribution is -1.90. The van der Waals surface area contributed by atoms with Crippen molar-refractivity contribution in [1.82, 2.24) is 4.98 Å². The number of nitro benzene ring substituents is 1. The predicted molar refractivity (Wildman–Crippen MR) is 77.9 cm³/mol. The van der Waals surface area contributed by atoms with E-state index >= 15 is 0 Å². The highest BCUT2D eigenvalue weighted by molar-refractivity contribution is 7.26. The third-order valence-corrected chi connectivity index (χ3v) is 4.42. The average molecular weight is 272 g/mol. The van der Waals surface area contributed by atoms with Gasteiger partial charge in [0.15, 0.2) is 0 Å². The first kappa shape index (κ1) is 12.0. The fraction of sp³-hybridized carbons (Fsp3) is 0.214. The topological polar surface area (TPSA) is 56.0 Å². The molecule has 19 heavy (non-hydrogen) atoms. The molecule has 3 aromatic rings. The molecule has 0 radical (unpaired) electrons. The van der Waals surface area contributed by atoms with Crippen molar-refractivity contribution in [2.75, 3.05) is 0 Å². The first-order valence-electron chi connectivity index (χ1n) is 6.07. The summed E-state index contributed by atoms with van der Waals surface area (Å²) in [5.74, 6) is 0. The number of nitro groups is 1. The molecule has 0 N–H and O–H groups in total. The van der Waals surface area contributed by atoms with E-state index in [1.54, 1.807) is 23.5 Å². The average Bonchev–Trinajstić information content (AvgIpc) is 2.75. The van der Waals surface area contributed by atoms with E-state index in [0.29, 0.717) is 0 Å². The maximum atomic E-state index is 10.9. The molecule has 2 heterocycles. The minimum absolute atomic E-state index is 0.139. The molecular formula is C14H12N2O2S. The molecule has 2 aromatic heterocycles. The molecule has 5 heteroatoms. The second-order valence-corrected chi connectivity index (χ2v) is 5.53. The van der Waals surface area contributed by atoms with E-state index < -0.39 is 0 Å². The Morgan fingerprint density at radius 2 is 2.11 bits per heavy atom. The molecule has 0 unspecified atom stereocenters. The van der Waals surface area contributed by atoms with E-state index in [2.05, 4.69) is 11.9 Å². The number of aromatic nitrogens is 1. The lowest BCUT2D eigenvalue weighted by Gasteiger charge is -2.00. The number of pyridine rings is 1. The maximum Gasteiger partial charge on any atom is 0.270 e. The van der Waals surface area contributed by atoms with Crippen molar-refractivity contribution in [3.8, 4) is 0 Å². The minimum Gasteiger partial charge on any atom is -0.258 e. The van der Waals surface area contributed by atoms with E-state index in [1.165, 1.54) is 0 Å². The summed E-state index contributed by atoms with van der Waals surface area (Å²) in [5.41, 5.74) is 2.16. The number of thiophene rings is 1. The number of benzene rings is 1. The Labute approximate surface area is 113 Å². The van der Waals surface area contributed by atoms with Gasteiger partial charge in [0.2, 0.25) is 0 Å². The normalized spacial score (nSPS) is 11.3. The Balaban J connectivity index is 2.44. The summed E-state index contributed by atoms with van der Waals surface area (Å²) in [7, 11) is 0. The van der Waals surface area contributed by atoms with E-state index in [0.717, 1.165) is 38.0 Å². The Kier molecular flexibility index (Phi) is 2.71. The summed E-state index contributed by atoms with van der Waals surface area (Å²) in [6.45, 7) is 4.04. The van der Waals surface area contributed by atoms with Crippen LogP contribution in [0.4, 0.5) is 5.69 Å². The number of aryl methyl sites for hydroxylation is 2. The van der Waals surface area contributed by atoms with Gasteiger partial charge in [-0.05, 0) is 25.5 Å². The van der Waals surface area contributed by atoms with Crippen LogP contribution >= 0.6 is 11.3 Å². The van der Waals surface area contributed by atoms with Crippen LogP contribution in [0.5, 0.6) is 0 Å². The third-order valence-electron chi connectivity index (χ3n) is 3.18. The van der Waals surface area contributed by atoms with Crippen molar-refractivity contribution in [2.24, 2.45) is 0 Å². The Morgan fingerprint density at radius 3 is 2.79 bits per heavy atom. The molecule has 0 saturated heterocycles. The molecule has 0 aliphatic carbocycles. The van der Waals surface area contributed by atoms with Crippen molar-refractivity contribution < 1.29 is 4.92 Å². The van der Waals surface area contributed by atoms with Gasteiger partial charge >= 0.3 is 0 Å². The van der Waals surface area contributed by atoms with Crippen LogP contribution in [0.25, 0.3) is 20.2 Å². The first-order chi connectivity index (χ1) is 9.10. The van der Waals surface area contributed by atoms with Gasteiger partial charge in [-0.25, -0.2) is 0 Å². The highest BCUT2D eigenvalue weighted by Gasteiger charge is 2.13. The van der Waals surface area contributed by atoms with Gasteiger partial charge in [-0.1, -0.05) is 6.92 Å². The summed E-state index contributed by atoms with van der Waals surface area (Å²) in [4.78, 5) is 15.1. The number of non-ortho nitro benzene ring substituents is 1. The van der Waals surface area contributed by atoms with Crippen LogP contribution in [0, 0.1) is 17.0 Å². The number of rotatable bonds is 2. The van der Waals surface area contributed by atoms with Crippen LogP contribution < -0.4 is 0 Å². The molecule has 0 saturated carbocycles. The summed E-state index contributed by atoms with van der Waals surface area (Å²) in [6.07, 6.45) is 0.868. The minimum atomic E-state index is -0.349. The highest BCUT2D eigenvalue weighted by Crippen LogP contribution is 2.37. The van der Waals surface area contributed by atoms with Crippen molar-refractivity contribution in [3.63, 3.8) is 0 Å². The largest absolute Gasteiger partial charge is 0.270 e. The Morgan fingerprint density at radius 1 is 1.32 bits per heavy atom. The van der Waals surface area contributed by atoms with Crippen LogP contribution in [0.15, 0.2) is 24.3 Å². The molecular weight excluding hydrogens is 260 g/mol. The molecule has 0 spiro atoms. The van der Waals surface area contributed by atoms with Gasteiger partial charge in [-0.2, -0.15) is 0 Å². The van der Waals surface area contributed by atoms with Gasteiger partial charge in [0.25, 0.3) is 5.69 Å². The van der Waals surface area contributed by atoms with E-state index in [9.17, 15) is 10.1 Å². The summed E-state index contributed by atoms with van der Waals surface area (Å²) in [5, 5.41) is 12.9. The van der Waals surface area contributed by atoms with Crippen molar-refractivity contribution >= 4 is 37.2 Å². The quantitative estimate of drug-likeness (QED) is 0.518. The smallest absolute Gasteiger partial charge is 0.258 e. The van der Waals surface area contributed by atoms with Gasteiger partial charge < -0.3 is 0 Å². The lowest BCUT2D eigenvalue weighted by molar-refractivity contribution is -0.384. The molecule has 0 aliphatic rings. The summed E-state index contributed by atoms with van der Waals surface area (Å²) >= 11 is 1.66.